The summed E-state index contributed by atoms with van der Waals surface area (Å²) < 4.78 is 11.5. The maximum Gasteiger partial charge on any atom is 0.339 e. The van der Waals surface area contributed by atoms with Crippen LogP contribution in [0, 0.1) is 0 Å². The second-order valence-electron chi connectivity index (χ2n) is 3.83. The SMILES string of the molecule is CCOC(=O)c1cc2ccc(C(O)OC)cn2c1. The molecule has 0 bridgehead atoms. The summed E-state index contributed by atoms with van der Waals surface area (Å²) in [5, 5.41) is 9.56. The zero-order chi connectivity index (χ0) is 13.1. The molecule has 18 heavy (non-hydrogen) atoms. The molecule has 2 heterocycles. The molecule has 0 amide bonds. The zero-order valence-electron chi connectivity index (χ0n) is 10.3. The summed E-state index contributed by atoms with van der Waals surface area (Å²) in [6.07, 6.45) is 2.41. The Labute approximate surface area is 105 Å². The molecule has 2 aromatic rings. The summed E-state index contributed by atoms with van der Waals surface area (Å²) in [5.74, 6) is -0.352. The first-order chi connectivity index (χ1) is 8.65. The van der Waals surface area contributed by atoms with Crippen LogP contribution in [0.25, 0.3) is 5.52 Å². The van der Waals surface area contributed by atoms with Crippen molar-refractivity contribution < 1.29 is 19.4 Å². The molecule has 0 aliphatic rings. The Morgan fingerprint density at radius 2 is 2.22 bits per heavy atom. The van der Waals surface area contributed by atoms with Crippen LogP contribution in [-0.2, 0) is 9.47 Å². The number of fused-ring (bicyclic) bond motifs is 1. The van der Waals surface area contributed by atoms with Gasteiger partial charge in [-0.3, -0.25) is 0 Å². The molecule has 0 radical (unpaired) electrons. The number of nitrogens with zero attached hydrogens (tertiary/aromatic N) is 1. The lowest BCUT2D eigenvalue weighted by Crippen LogP contribution is -2.03. The van der Waals surface area contributed by atoms with Crippen LogP contribution in [0.15, 0.2) is 30.6 Å². The van der Waals surface area contributed by atoms with Crippen LogP contribution < -0.4 is 0 Å². The minimum absolute atomic E-state index is 0.346. The smallest absolute Gasteiger partial charge is 0.339 e. The van der Waals surface area contributed by atoms with Gasteiger partial charge in [0.2, 0.25) is 0 Å². The number of methoxy groups -OCH3 is 1. The predicted octanol–water partition coefficient (Wildman–Crippen LogP) is 1.75. The highest BCUT2D eigenvalue weighted by Crippen LogP contribution is 2.17. The van der Waals surface area contributed by atoms with Gasteiger partial charge >= 0.3 is 5.97 Å². The van der Waals surface area contributed by atoms with Gasteiger partial charge in [0, 0.05) is 30.6 Å². The summed E-state index contributed by atoms with van der Waals surface area (Å²) in [6, 6.07) is 5.29. The maximum atomic E-state index is 11.6. The number of carbonyl (C=O) groups is 1. The molecule has 5 nitrogen and oxygen atoms in total. The molecule has 0 aromatic carbocycles. The molecular weight excluding hydrogens is 234 g/mol. The van der Waals surface area contributed by atoms with Gasteiger partial charge in [0.25, 0.3) is 0 Å². The minimum atomic E-state index is -0.970. The monoisotopic (exact) mass is 249 g/mol. The number of carbonyl (C=O) groups excluding carboxylic acids is 1. The third-order valence-electron chi connectivity index (χ3n) is 2.63. The van der Waals surface area contributed by atoms with Crippen LogP contribution in [0.1, 0.15) is 29.1 Å². The number of pyridine rings is 1. The fourth-order valence-corrected chi connectivity index (χ4v) is 1.73. The number of hydrogen-bond acceptors (Lipinski definition) is 4. The van der Waals surface area contributed by atoms with Gasteiger partial charge in [0.15, 0.2) is 6.29 Å². The zero-order valence-corrected chi connectivity index (χ0v) is 10.3. The van der Waals surface area contributed by atoms with Gasteiger partial charge < -0.3 is 19.0 Å². The lowest BCUT2D eigenvalue weighted by Gasteiger charge is -2.08. The molecule has 96 valence electrons. The van der Waals surface area contributed by atoms with Crippen molar-refractivity contribution in [1.82, 2.24) is 4.40 Å². The molecule has 1 atom stereocenters. The number of rotatable bonds is 4. The van der Waals surface area contributed by atoms with Crippen LogP contribution in [0.2, 0.25) is 0 Å². The third kappa shape index (κ3) is 2.37. The van der Waals surface area contributed by atoms with E-state index in [1.165, 1.54) is 7.11 Å². The number of esters is 1. The first kappa shape index (κ1) is 12.6. The van der Waals surface area contributed by atoms with Gasteiger partial charge in [-0.2, -0.15) is 0 Å². The largest absolute Gasteiger partial charge is 0.462 e. The Morgan fingerprint density at radius 1 is 1.44 bits per heavy atom. The Balaban J connectivity index is 2.36. The van der Waals surface area contributed by atoms with E-state index in [0.29, 0.717) is 17.7 Å². The molecule has 1 N–H and O–H groups in total. The van der Waals surface area contributed by atoms with E-state index >= 15 is 0 Å². The fourth-order valence-electron chi connectivity index (χ4n) is 1.73. The second-order valence-corrected chi connectivity index (χ2v) is 3.83. The van der Waals surface area contributed by atoms with Crippen molar-refractivity contribution in [3.8, 4) is 0 Å². The molecule has 0 spiro atoms. The van der Waals surface area contributed by atoms with E-state index < -0.39 is 6.29 Å². The highest BCUT2D eigenvalue weighted by molar-refractivity contribution is 5.91. The average molecular weight is 249 g/mol. The molecule has 0 aliphatic heterocycles. The molecule has 0 aliphatic carbocycles. The Kier molecular flexibility index (Phi) is 3.64. The Hall–Kier alpha value is -1.85. The van der Waals surface area contributed by atoms with Crippen LogP contribution in [-0.4, -0.2) is 29.2 Å². The summed E-state index contributed by atoms with van der Waals surface area (Å²) in [5.41, 5.74) is 1.96. The van der Waals surface area contributed by atoms with E-state index in [2.05, 4.69) is 0 Å². The number of aromatic nitrogens is 1. The van der Waals surface area contributed by atoms with Crippen molar-refractivity contribution in [2.24, 2.45) is 0 Å². The lowest BCUT2D eigenvalue weighted by atomic mass is 10.2. The van der Waals surface area contributed by atoms with Gasteiger partial charge in [0.05, 0.1) is 12.2 Å². The molecule has 2 rings (SSSR count). The quantitative estimate of drug-likeness (QED) is 0.662. The third-order valence-corrected chi connectivity index (χ3v) is 2.63. The first-order valence-electron chi connectivity index (χ1n) is 5.65. The normalized spacial score (nSPS) is 12.6. The average Bonchev–Trinajstić information content (AvgIpc) is 2.80. The first-order valence-corrected chi connectivity index (χ1v) is 5.65. The standard InChI is InChI=1S/C13H15NO4/c1-3-18-13(16)10-6-11-5-4-9(12(15)17-2)7-14(11)8-10/h4-8,12,15H,3H2,1-2H3. The van der Waals surface area contributed by atoms with E-state index in [1.54, 1.807) is 41.9 Å². The summed E-state index contributed by atoms with van der Waals surface area (Å²) in [4.78, 5) is 11.6. The highest BCUT2D eigenvalue weighted by atomic mass is 16.6. The van der Waals surface area contributed by atoms with E-state index in [0.717, 1.165) is 5.52 Å². The van der Waals surface area contributed by atoms with Crippen molar-refractivity contribution >= 4 is 11.5 Å². The summed E-state index contributed by atoms with van der Waals surface area (Å²) in [7, 11) is 1.43. The molecule has 0 saturated carbocycles. The maximum absolute atomic E-state index is 11.6. The van der Waals surface area contributed by atoms with Crippen molar-refractivity contribution in [3.63, 3.8) is 0 Å². The molecular formula is C13H15NO4. The number of aliphatic hydroxyl groups excluding tert-OH is 1. The number of ether oxygens (including phenoxy) is 2. The van der Waals surface area contributed by atoms with E-state index in [-0.39, 0.29) is 5.97 Å². The molecule has 1 unspecified atom stereocenters. The topological polar surface area (TPSA) is 60.2 Å². The number of hydrogen-bond donors (Lipinski definition) is 1. The molecule has 5 heteroatoms. The van der Waals surface area contributed by atoms with Crippen molar-refractivity contribution in [2.45, 2.75) is 13.2 Å². The molecule has 0 saturated heterocycles. The van der Waals surface area contributed by atoms with Crippen LogP contribution in [0.4, 0.5) is 0 Å². The number of aliphatic hydroxyl groups is 1. The van der Waals surface area contributed by atoms with Crippen molar-refractivity contribution in [2.75, 3.05) is 13.7 Å². The van der Waals surface area contributed by atoms with E-state index in [1.807, 2.05) is 0 Å². The highest BCUT2D eigenvalue weighted by Gasteiger charge is 2.11. The Bertz CT molecular complexity index is 561. The van der Waals surface area contributed by atoms with Crippen LogP contribution in [0.3, 0.4) is 0 Å². The van der Waals surface area contributed by atoms with E-state index in [4.69, 9.17) is 9.47 Å². The van der Waals surface area contributed by atoms with Crippen molar-refractivity contribution in [3.05, 3.63) is 41.7 Å². The lowest BCUT2D eigenvalue weighted by molar-refractivity contribution is -0.0771. The summed E-state index contributed by atoms with van der Waals surface area (Å²) >= 11 is 0. The molecule has 0 fully saturated rings. The fraction of sp³-hybridized carbons (Fsp3) is 0.308. The predicted molar refractivity (Wildman–Crippen MR) is 65.3 cm³/mol. The van der Waals surface area contributed by atoms with Gasteiger partial charge in [0.1, 0.15) is 0 Å². The van der Waals surface area contributed by atoms with Crippen molar-refractivity contribution in [1.29, 1.82) is 0 Å². The van der Waals surface area contributed by atoms with E-state index in [9.17, 15) is 9.90 Å². The van der Waals surface area contributed by atoms with Gasteiger partial charge in [-0.15, -0.1) is 0 Å². The van der Waals surface area contributed by atoms with Gasteiger partial charge in [-0.05, 0) is 19.1 Å². The van der Waals surface area contributed by atoms with Gasteiger partial charge in [-0.1, -0.05) is 6.07 Å². The molecule has 2 aromatic heterocycles. The minimum Gasteiger partial charge on any atom is -0.462 e. The summed E-state index contributed by atoms with van der Waals surface area (Å²) in [6.45, 7) is 2.11. The second kappa shape index (κ2) is 5.20. The van der Waals surface area contributed by atoms with Crippen LogP contribution >= 0.6 is 0 Å². The van der Waals surface area contributed by atoms with Gasteiger partial charge in [-0.25, -0.2) is 4.79 Å². The Morgan fingerprint density at radius 3 is 2.89 bits per heavy atom. The van der Waals surface area contributed by atoms with Crippen LogP contribution in [0.5, 0.6) is 0 Å².